The molecule has 0 aliphatic heterocycles. The van der Waals surface area contributed by atoms with E-state index in [0.29, 0.717) is 0 Å². The molecule has 1 aromatic heterocycles. The summed E-state index contributed by atoms with van der Waals surface area (Å²) < 4.78 is 3.00. The van der Waals surface area contributed by atoms with Crippen molar-refractivity contribution in [3.63, 3.8) is 0 Å². The van der Waals surface area contributed by atoms with E-state index in [1.807, 2.05) is 47.2 Å². The topological polar surface area (TPSA) is 81.7 Å². The minimum absolute atomic E-state index is 0.0631. The lowest BCUT2D eigenvalue weighted by molar-refractivity contribution is 1.06. The van der Waals surface area contributed by atoms with E-state index in [1.165, 1.54) is 0 Å². The van der Waals surface area contributed by atoms with Gasteiger partial charge < -0.3 is 16.0 Å². The molecule has 2 aromatic rings. The molecule has 0 saturated carbocycles. The van der Waals surface area contributed by atoms with Crippen LogP contribution in [0.25, 0.3) is 5.69 Å². The number of halogens is 1. The summed E-state index contributed by atoms with van der Waals surface area (Å²) in [6.45, 7) is 0. The Morgan fingerprint density at radius 3 is 2.78 bits per heavy atom. The molecule has 6 heteroatoms. The number of nitrogens with two attached hydrogens (primary N) is 2. The van der Waals surface area contributed by atoms with Gasteiger partial charge in [-0.2, -0.15) is 5.10 Å². The zero-order valence-electron chi connectivity index (χ0n) is 9.49. The van der Waals surface area contributed by atoms with E-state index in [2.05, 4.69) is 26.1 Å². The number of aromatic nitrogens is 1. The fraction of sp³-hybridized carbons (Fsp3) is 0. The first-order valence-electron chi connectivity index (χ1n) is 5.22. The van der Waals surface area contributed by atoms with E-state index in [9.17, 15) is 0 Å². The minimum Gasteiger partial charge on any atom is -0.369 e. The number of hydrogen-bond donors (Lipinski definition) is 2. The quantitative estimate of drug-likeness (QED) is 0.515. The van der Waals surface area contributed by atoms with Crippen molar-refractivity contribution in [3.05, 3.63) is 52.8 Å². The van der Waals surface area contributed by atoms with Crippen LogP contribution in [0.4, 0.5) is 0 Å². The van der Waals surface area contributed by atoms with Crippen LogP contribution >= 0.6 is 15.9 Å². The van der Waals surface area contributed by atoms with Gasteiger partial charge in [0, 0.05) is 16.4 Å². The molecule has 1 heterocycles. The molecule has 0 aliphatic rings. The van der Waals surface area contributed by atoms with Crippen molar-refractivity contribution in [2.24, 2.45) is 21.7 Å². The standard InChI is InChI=1S/C12H12BrN5/c13-9-3-1-4-10(7-9)18-6-2-5-11(18)8-16-17-12(14)15/h1-8H,(H4,14,15,17)/b16-8+. The number of hydrogen-bond acceptors (Lipinski definition) is 2. The van der Waals surface area contributed by atoms with Crippen LogP contribution in [-0.2, 0) is 0 Å². The molecule has 2 rings (SSSR count). The molecule has 5 nitrogen and oxygen atoms in total. The summed E-state index contributed by atoms with van der Waals surface area (Å²) in [6.07, 6.45) is 3.54. The van der Waals surface area contributed by atoms with E-state index in [4.69, 9.17) is 11.5 Å². The molecule has 18 heavy (non-hydrogen) atoms. The van der Waals surface area contributed by atoms with Crippen LogP contribution in [0.3, 0.4) is 0 Å². The lowest BCUT2D eigenvalue weighted by Gasteiger charge is -2.06. The molecule has 0 unspecified atom stereocenters. The van der Waals surface area contributed by atoms with Crippen molar-refractivity contribution in [2.45, 2.75) is 0 Å². The van der Waals surface area contributed by atoms with Gasteiger partial charge in [0.05, 0.1) is 11.9 Å². The maximum absolute atomic E-state index is 5.20. The third kappa shape index (κ3) is 2.98. The Hall–Kier alpha value is -2.08. The lowest BCUT2D eigenvalue weighted by Crippen LogP contribution is -2.21. The first-order valence-corrected chi connectivity index (χ1v) is 6.01. The number of nitrogens with zero attached hydrogens (tertiary/aromatic N) is 3. The summed E-state index contributed by atoms with van der Waals surface area (Å²) in [7, 11) is 0. The lowest BCUT2D eigenvalue weighted by atomic mass is 10.3. The molecule has 0 aliphatic carbocycles. The average Bonchev–Trinajstić information content (AvgIpc) is 2.77. The van der Waals surface area contributed by atoms with Crippen LogP contribution < -0.4 is 11.5 Å². The maximum atomic E-state index is 5.20. The van der Waals surface area contributed by atoms with Gasteiger partial charge in [-0.25, -0.2) is 0 Å². The highest BCUT2D eigenvalue weighted by Gasteiger charge is 2.01. The van der Waals surface area contributed by atoms with Crippen LogP contribution in [0.5, 0.6) is 0 Å². The van der Waals surface area contributed by atoms with Crippen molar-refractivity contribution >= 4 is 28.1 Å². The van der Waals surface area contributed by atoms with Gasteiger partial charge in [-0.3, -0.25) is 0 Å². The molecule has 0 atom stereocenters. The van der Waals surface area contributed by atoms with Gasteiger partial charge in [0.15, 0.2) is 0 Å². The van der Waals surface area contributed by atoms with E-state index in [1.54, 1.807) is 6.21 Å². The third-order valence-corrected chi connectivity index (χ3v) is 2.72. The van der Waals surface area contributed by atoms with E-state index >= 15 is 0 Å². The Kier molecular flexibility index (Phi) is 3.78. The zero-order valence-corrected chi connectivity index (χ0v) is 11.1. The Balaban J connectivity index is 2.33. The van der Waals surface area contributed by atoms with Gasteiger partial charge in [0.1, 0.15) is 0 Å². The highest BCUT2D eigenvalue weighted by Crippen LogP contribution is 2.17. The van der Waals surface area contributed by atoms with Crippen molar-refractivity contribution in [2.75, 3.05) is 0 Å². The van der Waals surface area contributed by atoms with Crippen LogP contribution in [-0.4, -0.2) is 16.7 Å². The molecular weight excluding hydrogens is 294 g/mol. The molecule has 0 saturated heterocycles. The van der Waals surface area contributed by atoms with Crippen molar-refractivity contribution in [3.8, 4) is 5.69 Å². The van der Waals surface area contributed by atoms with Gasteiger partial charge in [-0.15, -0.1) is 5.10 Å². The molecule has 1 aromatic carbocycles. The summed E-state index contributed by atoms with van der Waals surface area (Å²) in [5.74, 6) is -0.0631. The van der Waals surface area contributed by atoms with Gasteiger partial charge in [0.25, 0.3) is 0 Å². The maximum Gasteiger partial charge on any atom is 0.211 e. The molecule has 0 amide bonds. The summed E-state index contributed by atoms with van der Waals surface area (Å²) in [4.78, 5) is 0. The van der Waals surface area contributed by atoms with Crippen molar-refractivity contribution < 1.29 is 0 Å². The van der Waals surface area contributed by atoms with Crippen molar-refractivity contribution in [1.29, 1.82) is 0 Å². The minimum atomic E-state index is -0.0631. The molecule has 0 radical (unpaired) electrons. The summed E-state index contributed by atoms with van der Waals surface area (Å²) >= 11 is 3.44. The summed E-state index contributed by atoms with van der Waals surface area (Å²) in [5.41, 5.74) is 12.3. The normalized spacial score (nSPS) is 10.7. The second-order valence-corrected chi connectivity index (χ2v) is 4.47. The second kappa shape index (κ2) is 5.50. The third-order valence-electron chi connectivity index (χ3n) is 2.23. The molecular formula is C12H12BrN5. The highest BCUT2D eigenvalue weighted by atomic mass is 79.9. The van der Waals surface area contributed by atoms with Crippen LogP contribution in [0.2, 0.25) is 0 Å². The Bertz CT molecular complexity index is 596. The Morgan fingerprint density at radius 1 is 1.22 bits per heavy atom. The van der Waals surface area contributed by atoms with Gasteiger partial charge >= 0.3 is 0 Å². The van der Waals surface area contributed by atoms with Crippen LogP contribution in [0.1, 0.15) is 5.69 Å². The van der Waals surface area contributed by atoms with E-state index in [-0.39, 0.29) is 5.96 Å². The fourth-order valence-corrected chi connectivity index (χ4v) is 1.90. The Labute approximate surface area is 113 Å². The first-order chi connectivity index (χ1) is 8.66. The predicted molar refractivity (Wildman–Crippen MR) is 76.9 cm³/mol. The molecule has 92 valence electrons. The molecule has 0 fully saturated rings. The van der Waals surface area contributed by atoms with Gasteiger partial charge in [-0.1, -0.05) is 22.0 Å². The molecule has 4 N–H and O–H groups in total. The molecule has 0 spiro atoms. The van der Waals surface area contributed by atoms with Gasteiger partial charge in [0.2, 0.25) is 5.96 Å². The first kappa shape index (κ1) is 12.4. The van der Waals surface area contributed by atoms with E-state index < -0.39 is 0 Å². The van der Waals surface area contributed by atoms with Crippen molar-refractivity contribution in [1.82, 2.24) is 4.57 Å². The Morgan fingerprint density at radius 2 is 2.06 bits per heavy atom. The van der Waals surface area contributed by atoms with Gasteiger partial charge in [-0.05, 0) is 30.3 Å². The predicted octanol–water partition coefficient (Wildman–Crippen LogP) is 1.85. The van der Waals surface area contributed by atoms with E-state index in [0.717, 1.165) is 15.9 Å². The monoisotopic (exact) mass is 305 g/mol. The number of rotatable bonds is 3. The zero-order chi connectivity index (χ0) is 13.0. The highest BCUT2D eigenvalue weighted by molar-refractivity contribution is 9.10. The summed E-state index contributed by atoms with van der Waals surface area (Å²) in [6, 6.07) is 11.8. The van der Waals surface area contributed by atoms with Crippen LogP contribution in [0, 0.1) is 0 Å². The molecule has 0 bridgehead atoms. The average molecular weight is 306 g/mol. The SMILES string of the molecule is NC(N)=N/N=C/c1cccn1-c1cccc(Br)c1. The number of benzene rings is 1. The van der Waals surface area contributed by atoms with Crippen LogP contribution in [0.15, 0.2) is 57.3 Å². The largest absolute Gasteiger partial charge is 0.369 e. The second-order valence-electron chi connectivity index (χ2n) is 3.55. The summed E-state index contributed by atoms with van der Waals surface area (Å²) in [5, 5.41) is 7.37. The fourth-order valence-electron chi connectivity index (χ4n) is 1.52. The number of guanidine groups is 1. The smallest absolute Gasteiger partial charge is 0.211 e.